The number of nitrogens with two attached hydrogens (primary N) is 1. The van der Waals surface area contributed by atoms with Gasteiger partial charge in [0.05, 0.1) is 5.92 Å². The summed E-state index contributed by atoms with van der Waals surface area (Å²) in [5.41, 5.74) is 6.90. The molecule has 0 spiro atoms. The van der Waals surface area contributed by atoms with Crippen molar-refractivity contribution in [2.45, 2.75) is 57.4 Å². The molecule has 3 N–H and O–H groups in total. The van der Waals surface area contributed by atoms with E-state index >= 15 is 0 Å². The summed E-state index contributed by atoms with van der Waals surface area (Å²) in [5.74, 6) is 0.733. The molecule has 148 valence electrons. The summed E-state index contributed by atoms with van der Waals surface area (Å²) in [7, 11) is 0. The second-order valence-corrected chi connectivity index (χ2v) is 8.01. The van der Waals surface area contributed by atoms with Crippen molar-refractivity contribution in [1.29, 1.82) is 0 Å². The molecule has 2 amide bonds. The van der Waals surface area contributed by atoms with Crippen molar-refractivity contribution in [3.05, 3.63) is 35.9 Å². The number of benzene rings is 1. The molecular weight excluding hydrogens is 338 g/mol. The fraction of sp³-hybridized carbons (Fsp3) is 0.636. The average Bonchev–Trinajstić information content (AvgIpc) is 3.19. The quantitative estimate of drug-likeness (QED) is 0.807. The lowest BCUT2D eigenvalue weighted by Crippen LogP contribution is -2.49. The summed E-state index contributed by atoms with van der Waals surface area (Å²) < 4.78 is 0. The fourth-order valence-electron chi connectivity index (χ4n) is 4.68. The second-order valence-electron chi connectivity index (χ2n) is 8.01. The van der Waals surface area contributed by atoms with Gasteiger partial charge < -0.3 is 16.0 Å². The number of amides is 2. The number of carbonyl (C=O) groups excluding carboxylic acids is 2. The van der Waals surface area contributed by atoms with E-state index in [1.807, 2.05) is 35.2 Å². The highest BCUT2D eigenvalue weighted by atomic mass is 16.2. The highest BCUT2D eigenvalue weighted by molar-refractivity contribution is 5.84. The maximum absolute atomic E-state index is 13.0. The van der Waals surface area contributed by atoms with Crippen LogP contribution in [0.1, 0.15) is 56.9 Å². The van der Waals surface area contributed by atoms with Gasteiger partial charge in [-0.15, -0.1) is 0 Å². The van der Waals surface area contributed by atoms with Crippen LogP contribution >= 0.6 is 0 Å². The van der Waals surface area contributed by atoms with Crippen molar-refractivity contribution in [3.8, 4) is 0 Å². The molecule has 2 fully saturated rings. The minimum Gasteiger partial charge on any atom is -0.353 e. The Bertz CT molecular complexity index is 626. The van der Waals surface area contributed by atoms with E-state index < -0.39 is 0 Å². The third-order valence-electron chi connectivity index (χ3n) is 6.36. The van der Waals surface area contributed by atoms with E-state index in [9.17, 15) is 9.59 Å². The first-order chi connectivity index (χ1) is 13.1. The number of hydrogen-bond acceptors (Lipinski definition) is 3. The smallest absolute Gasteiger partial charge is 0.230 e. The predicted molar refractivity (Wildman–Crippen MR) is 107 cm³/mol. The van der Waals surface area contributed by atoms with Crippen LogP contribution in [-0.4, -0.2) is 42.4 Å². The summed E-state index contributed by atoms with van der Waals surface area (Å²) in [6.45, 7) is 4.11. The molecule has 1 saturated heterocycles. The normalized spacial score (nSPS) is 24.6. The average molecular weight is 372 g/mol. The first kappa shape index (κ1) is 19.9. The van der Waals surface area contributed by atoms with Crippen molar-refractivity contribution in [2.75, 3.05) is 19.6 Å². The summed E-state index contributed by atoms with van der Waals surface area (Å²) in [5, 5.41) is 3.23. The lowest BCUT2D eigenvalue weighted by Gasteiger charge is -2.35. The molecule has 1 unspecified atom stereocenters. The Kier molecular flexibility index (Phi) is 6.89. The van der Waals surface area contributed by atoms with Crippen LogP contribution in [0.5, 0.6) is 0 Å². The number of carbonyl (C=O) groups is 2. The third kappa shape index (κ3) is 4.70. The first-order valence-electron chi connectivity index (χ1n) is 10.5. The number of rotatable bonds is 6. The number of nitrogens with zero attached hydrogens (tertiary/aromatic N) is 1. The van der Waals surface area contributed by atoms with Crippen molar-refractivity contribution < 1.29 is 9.59 Å². The van der Waals surface area contributed by atoms with Crippen molar-refractivity contribution in [1.82, 2.24) is 10.2 Å². The van der Waals surface area contributed by atoms with E-state index in [4.69, 9.17) is 5.73 Å². The van der Waals surface area contributed by atoms with Gasteiger partial charge in [-0.05, 0) is 50.1 Å². The molecule has 0 aromatic heterocycles. The summed E-state index contributed by atoms with van der Waals surface area (Å²) in [6.07, 6.45) is 5.61. The zero-order chi connectivity index (χ0) is 19.2. The van der Waals surface area contributed by atoms with Gasteiger partial charge in [-0.3, -0.25) is 9.59 Å². The largest absolute Gasteiger partial charge is 0.353 e. The van der Waals surface area contributed by atoms with Crippen LogP contribution in [0, 0.1) is 11.8 Å². The first-order valence-corrected chi connectivity index (χ1v) is 10.5. The Morgan fingerprint density at radius 1 is 1.15 bits per heavy atom. The molecule has 1 aromatic rings. The summed E-state index contributed by atoms with van der Waals surface area (Å²) >= 11 is 0. The number of hydrogen-bond donors (Lipinski definition) is 2. The molecule has 0 radical (unpaired) electrons. The van der Waals surface area contributed by atoms with Crippen LogP contribution in [0.15, 0.2) is 30.3 Å². The highest BCUT2D eigenvalue weighted by Crippen LogP contribution is 2.31. The van der Waals surface area contributed by atoms with Gasteiger partial charge >= 0.3 is 0 Å². The molecule has 2 aliphatic rings. The minimum absolute atomic E-state index is 0.0684. The molecular formula is C22H33N3O2. The van der Waals surface area contributed by atoms with Crippen LogP contribution in [0.4, 0.5) is 0 Å². The topological polar surface area (TPSA) is 75.4 Å². The van der Waals surface area contributed by atoms with Gasteiger partial charge in [-0.2, -0.15) is 0 Å². The van der Waals surface area contributed by atoms with Crippen LogP contribution in [-0.2, 0) is 9.59 Å². The lowest BCUT2D eigenvalue weighted by molar-refractivity contribution is -0.134. The molecule has 1 saturated carbocycles. The molecule has 1 aromatic carbocycles. The number of piperidine rings is 1. The van der Waals surface area contributed by atoms with Crippen LogP contribution in [0.3, 0.4) is 0 Å². The molecule has 1 heterocycles. The summed E-state index contributed by atoms with van der Waals surface area (Å²) in [4.78, 5) is 27.5. The van der Waals surface area contributed by atoms with Gasteiger partial charge in [0.15, 0.2) is 0 Å². The third-order valence-corrected chi connectivity index (χ3v) is 6.36. The van der Waals surface area contributed by atoms with E-state index in [0.717, 1.165) is 57.2 Å². The van der Waals surface area contributed by atoms with Gasteiger partial charge in [-0.1, -0.05) is 43.7 Å². The molecule has 1 aliphatic carbocycles. The Morgan fingerprint density at radius 3 is 2.48 bits per heavy atom. The van der Waals surface area contributed by atoms with Crippen molar-refractivity contribution in [2.24, 2.45) is 17.6 Å². The van der Waals surface area contributed by atoms with Gasteiger partial charge in [0.2, 0.25) is 11.8 Å². The number of nitrogens with one attached hydrogen (secondary N) is 1. The van der Waals surface area contributed by atoms with Crippen LogP contribution in [0.25, 0.3) is 0 Å². The Balaban J connectivity index is 1.51. The standard InChI is InChI=1S/C22H33N3O2/c1-2-19(16-7-4-3-5-8-16)22(27)25-13-11-18(12-14-25)24-21(26)20-10-6-9-17(20)15-23/h3-5,7-8,17-20H,2,6,9-15,23H2,1H3,(H,24,26)/t17-,19?,20-/m1/s1. The zero-order valence-electron chi connectivity index (χ0n) is 16.4. The SMILES string of the molecule is CCC(C(=O)N1CCC(NC(=O)[C@@H]2CCC[C@@H]2CN)CC1)c1ccccc1. The molecule has 5 heteroatoms. The molecule has 3 atom stereocenters. The second kappa shape index (κ2) is 9.36. The van der Waals surface area contributed by atoms with Crippen LogP contribution < -0.4 is 11.1 Å². The van der Waals surface area contributed by atoms with E-state index in [2.05, 4.69) is 12.2 Å². The minimum atomic E-state index is -0.0684. The van der Waals surface area contributed by atoms with E-state index in [-0.39, 0.29) is 29.7 Å². The van der Waals surface area contributed by atoms with Gasteiger partial charge in [-0.25, -0.2) is 0 Å². The van der Waals surface area contributed by atoms with E-state index in [1.54, 1.807) is 0 Å². The van der Waals surface area contributed by atoms with Gasteiger partial charge in [0.1, 0.15) is 0 Å². The van der Waals surface area contributed by atoms with Crippen molar-refractivity contribution in [3.63, 3.8) is 0 Å². The Labute approximate surface area is 162 Å². The van der Waals surface area contributed by atoms with E-state index in [1.165, 1.54) is 0 Å². The highest BCUT2D eigenvalue weighted by Gasteiger charge is 2.34. The lowest BCUT2D eigenvalue weighted by atomic mass is 9.92. The fourth-order valence-corrected chi connectivity index (χ4v) is 4.68. The van der Waals surface area contributed by atoms with E-state index in [0.29, 0.717) is 12.5 Å². The van der Waals surface area contributed by atoms with Crippen LogP contribution in [0.2, 0.25) is 0 Å². The van der Waals surface area contributed by atoms with Crippen molar-refractivity contribution >= 4 is 11.8 Å². The number of likely N-dealkylation sites (tertiary alicyclic amines) is 1. The zero-order valence-corrected chi connectivity index (χ0v) is 16.4. The molecule has 3 rings (SSSR count). The molecule has 27 heavy (non-hydrogen) atoms. The Morgan fingerprint density at radius 2 is 1.85 bits per heavy atom. The predicted octanol–water partition coefficient (Wildman–Crippen LogP) is 2.66. The Hall–Kier alpha value is -1.88. The summed E-state index contributed by atoms with van der Waals surface area (Å²) in [6, 6.07) is 10.2. The maximum Gasteiger partial charge on any atom is 0.230 e. The molecule has 5 nitrogen and oxygen atoms in total. The van der Waals surface area contributed by atoms with Gasteiger partial charge in [0.25, 0.3) is 0 Å². The molecule has 0 bridgehead atoms. The van der Waals surface area contributed by atoms with Gasteiger partial charge in [0, 0.05) is 25.0 Å². The molecule has 1 aliphatic heterocycles. The monoisotopic (exact) mass is 371 g/mol. The maximum atomic E-state index is 13.0.